The Morgan fingerprint density at radius 1 is 1.26 bits per heavy atom. The first-order valence-corrected chi connectivity index (χ1v) is 12.1. The number of carbonyl (C=O) groups is 1. The number of ketones is 1. The molecule has 1 spiro atoms. The van der Waals surface area contributed by atoms with Gasteiger partial charge in [0.15, 0.2) is 17.3 Å². The van der Waals surface area contributed by atoms with Gasteiger partial charge in [-0.15, -0.1) is 0 Å². The third-order valence-electron chi connectivity index (χ3n) is 7.39. The topological polar surface area (TPSA) is 95.6 Å². The number of benzene rings is 2. The Labute approximate surface area is 203 Å². The second-order valence-electron chi connectivity index (χ2n) is 9.55. The van der Waals surface area contributed by atoms with Gasteiger partial charge < -0.3 is 25.1 Å². The van der Waals surface area contributed by atoms with E-state index in [9.17, 15) is 9.59 Å². The average Bonchev–Trinajstić information content (AvgIpc) is 3.33. The van der Waals surface area contributed by atoms with Crippen molar-refractivity contribution in [2.75, 3.05) is 31.3 Å². The maximum Gasteiger partial charge on any atom is 0.202 e. The molecule has 0 saturated heterocycles. The lowest BCUT2D eigenvalue weighted by atomic mass is 9.93. The van der Waals surface area contributed by atoms with Gasteiger partial charge in [-0.3, -0.25) is 9.59 Å². The number of aryl methyl sites for hydroxylation is 1. The number of nitrogens with two attached hydrogens (primary N) is 1. The van der Waals surface area contributed by atoms with Crippen LogP contribution >= 0.6 is 0 Å². The number of hydrogen-bond acceptors (Lipinski definition) is 6. The fraction of sp³-hybridized carbons (Fsp3) is 0.407. The van der Waals surface area contributed by atoms with Crippen molar-refractivity contribution in [1.29, 1.82) is 0 Å². The number of ether oxygens (including phenoxy) is 2. The van der Waals surface area contributed by atoms with Crippen LogP contribution in [0, 0.1) is 5.82 Å². The number of carbonyl (C=O) groups excluding carboxylic acids is 1. The zero-order valence-corrected chi connectivity index (χ0v) is 20.1. The van der Waals surface area contributed by atoms with Crippen LogP contribution in [0.15, 0.2) is 35.3 Å². The standard InChI is InChI=1S/C27H30FN3O4/c1-16(32)19-14-31-24-20(25(19)33)22(29)21(28)23(26(24)35-15-27(31)11-3-4-12-27)30-13-5-6-17-7-9-18(34-2)10-8-17/h7-10,14,30H,3-6,11-13,15,29H2,1-2H3. The Hall–Kier alpha value is -3.55. The van der Waals surface area contributed by atoms with Crippen molar-refractivity contribution in [3.63, 3.8) is 0 Å². The first-order chi connectivity index (χ1) is 16.9. The summed E-state index contributed by atoms with van der Waals surface area (Å²) in [4.78, 5) is 25.5. The number of aromatic nitrogens is 1. The lowest BCUT2D eigenvalue weighted by Gasteiger charge is -2.39. The highest BCUT2D eigenvalue weighted by atomic mass is 19.1. The molecule has 1 aliphatic heterocycles. The largest absolute Gasteiger partial charge is 0.497 e. The van der Waals surface area contributed by atoms with Crippen LogP contribution in [0.1, 0.15) is 54.9 Å². The van der Waals surface area contributed by atoms with E-state index in [0.29, 0.717) is 24.4 Å². The van der Waals surface area contributed by atoms with Crippen molar-refractivity contribution in [3.8, 4) is 11.5 Å². The van der Waals surface area contributed by atoms with E-state index in [1.54, 1.807) is 13.3 Å². The predicted octanol–water partition coefficient (Wildman–Crippen LogP) is 4.64. The summed E-state index contributed by atoms with van der Waals surface area (Å²) < 4.78 is 28.9. The molecule has 1 aromatic heterocycles. The Kier molecular flexibility index (Phi) is 5.91. The molecule has 0 amide bonds. The number of methoxy groups -OCH3 is 1. The minimum Gasteiger partial charge on any atom is -0.497 e. The van der Waals surface area contributed by atoms with E-state index in [2.05, 4.69) is 5.32 Å². The Morgan fingerprint density at radius 2 is 1.97 bits per heavy atom. The van der Waals surface area contributed by atoms with Crippen molar-refractivity contribution in [1.82, 2.24) is 4.57 Å². The SMILES string of the molecule is COc1ccc(CCCNc2c(F)c(N)c3c(=O)c(C(C)=O)cn4c3c2OCC42CCCC2)cc1. The van der Waals surface area contributed by atoms with Crippen LogP contribution in [0.2, 0.25) is 0 Å². The molecule has 2 aliphatic rings. The maximum atomic E-state index is 15.5. The first-order valence-electron chi connectivity index (χ1n) is 12.1. The van der Waals surface area contributed by atoms with Crippen LogP contribution in [0.25, 0.3) is 10.9 Å². The molecule has 2 heterocycles. The van der Waals surface area contributed by atoms with Gasteiger partial charge in [0.1, 0.15) is 18.0 Å². The molecule has 1 aliphatic carbocycles. The summed E-state index contributed by atoms with van der Waals surface area (Å²) in [5, 5.41) is 3.20. The van der Waals surface area contributed by atoms with E-state index in [0.717, 1.165) is 49.8 Å². The van der Waals surface area contributed by atoms with Crippen LogP contribution in [0.4, 0.5) is 15.8 Å². The third-order valence-corrected chi connectivity index (χ3v) is 7.39. The minimum absolute atomic E-state index is 0.0277. The Bertz CT molecular complexity index is 1360. The number of nitrogens with one attached hydrogen (secondary N) is 1. The lowest BCUT2D eigenvalue weighted by Crippen LogP contribution is -2.42. The minimum atomic E-state index is -0.719. The van der Waals surface area contributed by atoms with Crippen molar-refractivity contribution in [2.45, 2.75) is 51.0 Å². The molecule has 1 saturated carbocycles. The molecule has 184 valence electrons. The molecule has 7 nitrogen and oxygen atoms in total. The van der Waals surface area contributed by atoms with Crippen LogP contribution in [0.3, 0.4) is 0 Å². The van der Waals surface area contributed by atoms with Gasteiger partial charge in [-0.05, 0) is 50.3 Å². The van der Waals surface area contributed by atoms with Crippen LogP contribution in [0.5, 0.6) is 11.5 Å². The number of hydrogen-bond donors (Lipinski definition) is 2. The van der Waals surface area contributed by atoms with Gasteiger partial charge in [0.25, 0.3) is 0 Å². The smallest absolute Gasteiger partial charge is 0.202 e. The molecule has 2 aromatic carbocycles. The normalized spacial score (nSPS) is 15.9. The van der Waals surface area contributed by atoms with E-state index in [4.69, 9.17) is 15.2 Å². The number of rotatable bonds is 7. The Balaban J connectivity index is 1.53. The van der Waals surface area contributed by atoms with Crippen LogP contribution in [-0.4, -0.2) is 30.6 Å². The van der Waals surface area contributed by atoms with Gasteiger partial charge in [0, 0.05) is 12.7 Å². The van der Waals surface area contributed by atoms with Gasteiger partial charge >= 0.3 is 0 Å². The second kappa shape index (κ2) is 8.91. The number of nitrogens with zero attached hydrogens (tertiary/aromatic N) is 1. The van der Waals surface area contributed by atoms with E-state index >= 15 is 4.39 Å². The van der Waals surface area contributed by atoms with E-state index in [-0.39, 0.29) is 33.6 Å². The number of Topliss-reactive ketones (excluding diaryl/α,β-unsaturated/α-hetero) is 1. The molecule has 35 heavy (non-hydrogen) atoms. The number of halogens is 1. The van der Waals surface area contributed by atoms with Crippen LogP contribution < -0.4 is 26.0 Å². The van der Waals surface area contributed by atoms with Gasteiger partial charge in [0.2, 0.25) is 5.43 Å². The molecule has 0 unspecified atom stereocenters. The van der Waals surface area contributed by atoms with Crippen LogP contribution in [-0.2, 0) is 12.0 Å². The summed E-state index contributed by atoms with van der Waals surface area (Å²) in [6.07, 6.45) is 6.96. The molecular weight excluding hydrogens is 449 g/mol. The molecule has 3 N–H and O–H groups in total. The first kappa shape index (κ1) is 23.2. The zero-order valence-electron chi connectivity index (χ0n) is 20.1. The molecule has 0 atom stereocenters. The fourth-order valence-corrected chi connectivity index (χ4v) is 5.47. The lowest BCUT2D eigenvalue weighted by molar-refractivity contribution is 0.101. The van der Waals surface area contributed by atoms with E-state index in [1.807, 2.05) is 28.8 Å². The van der Waals surface area contributed by atoms with Crippen molar-refractivity contribution in [2.24, 2.45) is 0 Å². The number of fused-ring (bicyclic) bond motifs is 1. The monoisotopic (exact) mass is 479 g/mol. The second-order valence-corrected chi connectivity index (χ2v) is 9.55. The zero-order chi connectivity index (χ0) is 24.7. The summed E-state index contributed by atoms with van der Waals surface area (Å²) in [5.41, 5.74) is 6.87. The summed E-state index contributed by atoms with van der Waals surface area (Å²) in [6, 6.07) is 7.84. The van der Waals surface area contributed by atoms with Gasteiger partial charge in [-0.2, -0.15) is 0 Å². The van der Waals surface area contributed by atoms with Gasteiger partial charge in [-0.1, -0.05) is 25.0 Å². The highest BCUT2D eigenvalue weighted by molar-refractivity contribution is 6.04. The third kappa shape index (κ3) is 3.81. The Morgan fingerprint density at radius 3 is 2.63 bits per heavy atom. The van der Waals surface area contributed by atoms with Crippen molar-refractivity contribution < 1.29 is 18.7 Å². The summed E-state index contributed by atoms with van der Waals surface area (Å²) in [6.45, 7) is 2.20. The molecule has 3 aromatic rings. The highest BCUT2D eigenvalue weighted by Crippen LogP contribution is 2.48. The molecule has 0 bridgehead atoms. The van der Waals surface area contributed by atoms with Gasteiger partial charge in [0.05, 0.1) is 34.8 Å². The number of pyridine rings is 1. The van der Waals surface area contributed by atoms with Gasteiger partial charge in [-0.25, -0.2) is 4.39 Å². The number of anilines is 2. The fourth-order valence-electron chi connectivity index (χ4n) is 5.47. The summed E-state index contributed by atoms with van der Waals surface area (Å²) in [7, 11) is 1.63. The highest BCUT2D eigenvalue weighted by Gasteiger charge is 2.42. The summed E-state index contributed by atoms with van der Waals surface area (Å²) >= 11 is 0. The molecule has 8 heteroatoms. The molecule has 1 fully saturated rings. The molecule has 5 rings (SSSR count). The van der Waals surface area contributed by atoms with Crippen molar-refractivity contribution >= 4 is 28.1 Å². The average molecular weight is 480 g/mol. The van der Waals surface area contributed by atoms with Crippen molar-refractivity contribution in [3.05, 3.63) is 57.6 Å². The predicted molar refractivity (Wildman–Crippen MR) is 134 cm³/mol. The quantitative estimate of drug-likeness (QED) is 0.291. The summed E-state index contributed by atoms with van der Waals surface area (Å²) in [5.74, 6) is 0.0165. The maximum absolute atomic E-state index is 15.5. The van der Waals surface area contributed by atoms with E-state index < -0.39 is 11.2 Å². The molecule has 0 radical (unpaired) electrons. The number of nitrogen functional groups attached to an aromatic ring is 1. The van der Waals surface area contributed by atoms with E-state index in [1.165, 1.54) is 6.92 Å². The molecular formula is C27H30FN3O4.